The lowest BCUT2D eigenvalue weighted by atomic mass is 10.1. The molecule has 0 unspecified atom stereocenters. The third-order valence-electron chi connectivity index (χ3n) is 3.56. The molecule has 0 saturated heterocycles. The Morgan fingerprint density at radius 2 is 1.82 bits per heavy atom. The molecule has 0 bridgehead atoms. The number of hydrogen-bond acceptors (Lipinski definition) is 2. The molecule has 0 aromatic heterocycles. The van der Waals surface area contributed by atoms with Crippen LogP contribution in [0, 0.1) is 5.41 Å². The van der Waals surface area contributed by atoms with Gasteiger partial charge in [0.1, 0.15) is 5.75 Å². The summed E-state index contributed by atoms with van der Waals surface area (Å²) in [4.78, 5) is 0. The number of rotatable bonds is 4. The smallest absolute Gasteiger partial charge is 0.119 e. The Kier molecular flexibility index (Phi) is 2.75. The summed E-state index contributed by atoms with van der Waals surface area (Å²) < 4.78 is 5.88. The molecular formula is C15H16OS. The van der Waals surface area contributed by atoms with Crippen LogP contribution in [-0.2, 0) is 0 Å². The predicted molar refractivity (Wildman–Crippen MR) is 75.0 cm³/mol. The van der Waals surface area contributed by atoms with Crippen LogP contribution >= 0.6 is 12.6 Å². The van der Waals surface area contributed by atoms with Crippen molar-refractivity contribution in [3.8, 4) is 5.75 Å². The summed E-state index contributed by atoms with van der Waals surface area (Å²) in [7, 11) is 0. The molecule has 0 spiro atoms. The van der Waals surface area contributed by atoms with Crippen LogP contribution in [0.5, 0.6) is 5.75 Å². The van der Waals surface area contributed by atoms with E-state index < -0.39 is 0 Å². The van der Waals surface area contributed by atoms with E-state index in [2.05, 4.69) is 55.1 Å². The summed E-state index contributed by atoms with van der Waals surface area (Å²) in [6.07, 6.45) is 2.51. The molecule has 0 N–H and O–H groups in total. The molecular weight excluding hydrogens is 228 g/mol. The Balaban J connectivity index is 1.77. The van der Waals surface area contributed by atoms with Crippen molar-refractivity contribution in [2.75, 3.05) is 12.4 Å². The van der Waals surface area contributed by atoms with Crippen LogP contribution in [0.3, 0.4) is 0 Å². The quantitative estimate of drug-likeness (QED) is 0.802. The van der Waals surface area contributed by atoms with Crippen molar-refractivity contribution < 1.29 is 4.74 Å². The highest BCUT2D eigenvalue weighted by Gasteiger charge is 2.42. The van der Waals surface area contributed by atoms with E-state index >= 15 is 0 Å². The summed E-state index contributed by atoms with van der Waals surface area (Å²) in [5.74, 6) is 1.90. The van der Waals surface area contributed by atoms with E-state index in [9.17, 15) is 0 Å². The van der Waals surface area contributed by atoms with Gasteiger partial charge in [-0.25, -0.2) is 0 Å². The average Bonchev–Trinajstić information content (AvgIpc) is 3.17. The predicted octanol–water partition coefficient (Wildman–Crippen LogP) is 3.93. The Bertz CT molecular complexity index is 531. The van der Waals surface area contributed by atoms with Crippen LogP contribution in [0.1, 0.15) is 12.8 Å². The summed E-state index contributed by atoms with van der Waals surface area (Å²) in [6, 6.07) is 14.6. The van der Waals surface area contributed by atoms with Crippen LogP contribution in [0.2, 0.25) is 0 Å². The molecule has 0 aliphatic heterocycles. The van der Waals surface area contributed by atoms with Crippen molar-refractivity contribution in [3.05, 3.63) is 42.5 Å². The van der Waals surface area contributed by atoms with Crippen LogP contribution in [-0.4, -0.2) is 12.4 Å². The fourth-order valence-corrected chi connectivity index (χ4v) is 2.43. The second kappa shape index (κ2) is 4.26. The molecule has 1 nitrogen and oxygen atoms in total. The molecule has 1 saturated carbocycles. The minimum absolute atomic E-state index is 0.356. The molecule has 0 heterocycles. The van der Waals surface area contributed by atoms with E-state index in [4.69, 9.17) is 4.74 Å². The van der Waals surface area contributed by atoms with Gasteiger partial charge in [-0.1, -0.05) is 30.3 Å². The lowest BCUT2D eigenvalue weighted by Gasteiger charge is -2.13. The van der Waals surface area contributed by atoms with Gasteiger partial charge in [-0.2, -0.15) is 12.6 Å². The molecule has 2 heteroatoms. The average molecular weight is 244 g/mol. The first-order chi connectivity index (χ1) is 8.31. The van der Waals surface area contributed by atoms with Gasteiger partial charge in [0.05, 0.1) is 6.61 Å². The largest absolute Gasteiger partial charge is 0.493 e. The van der Waals surface area contributed by atoms with Crippen molar-refractivity contribution in [1.29, 1.82) is 0 Å². The second-order valence-electron chi connectivity index (χ2n) is 4.96. The Hall–Kier alpha value is -1.15. The van der Waals surface area contributed by atoms with E-state index in [1.54, 1.807) is 0 Å². The first-order valence-electron chi connectivity index (χ1n) is 6.04. The normalized spacial score (nSPS) is 17.0. The van der Waals surface area contributed by atoms with Gasteiger partial charge in [0.25, 0.3) is 0 Å². The zero-order valence-corrected chi connectivity index (χ0v) is 10.6. The Morgan fingerprint density at radius 1 is 1.06 bits per heavy atom. The fourth-order valence-electron chi connectivity index (χ4n) is 2.02. The van der Waals surface area contributed by atoms with Gasteiger partial charge in [0, 0.05) is 5.41 Å². The molecule has 1 aliphatic rings. The van der Waals surface area contributed by atoms with Crippen molar-refractivity contribution in [2.24, 2.45) is 5.41 Å². The first-order valence-corrected chi connectivity index (χ1v) is 6.67. The molecule has 2 aromatic rings. The molecule has 0 radical (unpaired) electrons. The van der Waals surface area contributed by atoms with Crippen molar-refractivity contribution >= 4 is 23.4 Å². The van der Waals surface area contributed by atoms with Crippen molar-refractivity contribution in [2.45, 2.75) is 12.8 Å². The van der Waals surface area contributed by atoms with Crippen molar-refractivity contribution in [1.82, 2.24) is 0 Å². The highest BCUT2D eigenvalue weighted by molar-refractivity contribution is 7.80. The van der Waals surface area contributed by atoms with Gasteiger partial charge in [-0.05, 0) is 41.5 Å². The van der Waals surface area contributed by atoms with E-state index in [0.29, 0.717) is 5.41 Å². The van der Waals surface area contributed by atoms with Crippen LogP contribution in [0.25, 0.3) is 10.8 Å². The summed E-state index contributed by atoms with van der Waals surface area (Å²) >= 11 is 4.39. The van der Waals surface area contributed by atoms with Gasteiger partial charge in [0.15, 0.2) is 0 Å². The monoisotopic (exact) mass is 244 g/mol. The molecule has 1 aliphatic carbocycles. The lowest BCUT2D eigenvalue weighted by Crippen LogP contribution is -2.14. The van der Waals surface area contributed by atoms with Crippen LogP contribution in [0.4, 0.5) is 0 Å². The van der Waals surface area contributed by atoms with E-state index in [0.717, 1.165) is 18.1 Å². The maximum Gasteiger partial charge on any atom is 0.119 e. The van der Waals surface area contributed by atoms with Gasteiger partial charge in [-0.15, -0.1) is 0 Å². The summed E-state index contributed by atoms with van der Waals surface area (Å²) in [5, 5.41) is 2.50. The zero-order valence-electron chi connectivity index (χ0n) is 9.73. The third-order valence-corrected chi connectivity index (χ3v) is 4.23. The topological polar surface area (TPSA) is 9.23 Å². The number of benzene rings is 2. The maximum absolute atomic E-state index is 5.88. The van der Waals surface area contributed by atoms with E-state index in [1.807, 2.05) is 0 Å². The number of ether oxygens (including phenoxy) is 1. The molecule has 0 atom stereocenters. The van der Waals surface area contributed by atoms with Gasteiger partial charge < -0.3 is 4.74 Å². The summed E-state index contributed by atoms with van der Waals surface area (Å²) in [6.45, 7) is 0.800. The van der Waals surface area contributed by atoms with Gasteiger partial charge in [0.2, 0.25) is 0 Å². The minimum atomic E-state index is 0.356. The third kappa shape index (κ3) is 2.27. The molecule has 88 valence electrons. The Morgan fingerprint density at radius 3 is 2.53 bits per heavy atom. The minimum Gasteiger partial charge on any atom is -0.493 e. The van der Waals surface area contributed by atoms with E-state index in [-0.39, 0.29) is 0 Å². The lowest BCUT2D eigenvalue weighted by molar-refractivity contribution is 0.251. The molecule has 17 heavy (non-hydrogen) atoms. The maximum atomic E-state index is 5.88. The number of thiol groups is 1. The molecule has 1 fully saturated rings. The zero-order chi connectivity index (χ0) is 11.7. The number of fused-ring (bicyclic) bond motifs is 1. The summed E-state index contributed by atoms with van der Waals surface area (Å²) in [5.41, 5.74) is 0.356. The standard InChI is InChI=1S/C15H16OS/c17-11-15(7-8-15)10-16-14-6-5-12-3-1-2-4-13(12)9-14/h1-6,9,17H,7-8,10-11H2. The van der Waals surface area contributed by atoms with Crippen LogP contribution < -0.4 is 4.74 Å². The van der Waals surface area contributed by atoms with E-state index in [1.165, 1.54) is 23.6 Å². The first kappa shape index (κ1) is 11.0. The van der Waals surface area contributed by atoms with Crippen molar-refractivity contribution in [3.63, 3.8) is 0 Å². The van der Waals surface area contributed by atoms with Gasteiger partial charge in [-0.3, -0.25) is 0 Å². The molecule has 0 amide bonds. The molecule has 3 rings (SSSR count). The Labute approximate surface area is 107 Å². The second-order valence-corrected chi connectivity index (χ2v) is 5.27. The SMILES string of the molecule is SCC1(COc2ccc3ccccc3c2)CC1. The fraction of sp³-hybridized carbons (Fsp3) is 0.333. The highest BCUT2D eigenvalue weighted by atomic mass is 32.1. The van der Waals surface area contributed by atoms with Crippen LogP contribution in [0.15, 0.2) is 42.5 Å². The molecule has 2 aromatic carbocycles. The highest BCUT2D eigenvalue weighted by Crippen LogP contribution is 2.46. The number of hydrogen-bond donors (Lipinski definition) is 1. The van der Waals surface area contributed by atoms with Gasteiger partial charge >= 0.3 is 0 Å².